The molecule has 0 aromatic heterocycles. The number of urea groups is 1. The summed E-state index contributed by atoms with van der Waals surface area (Å²) < 4.78 is 25.8. The first-order chi connectivity index (χ1) is 20.5. The molecule has 4 rings (SSSR count). The molecule has 0 saturated carbocycles. The molecule has 8 nitrogen and oxygen atoms in total. The number of rotatable bonds is 10. The van der Waals surface area contributed by atoms with Gasteiger partial charge in [0.15, 0.2) is 11.6 Å². The Hall–Kier alpha value is -4.24. The summed E-state index contributed by atoms with van der Waals surface area (Å²) in [6.45, 7) is 2.93. The summed E-state index contributed by atoms with van der Waals surface area (Å²) in [7, 11) is 8.62. The number of ether oxygens (including phenoxy) is 2. The fraction of sp³-hybridized carbons (Fsp3) is 0.382. The van der Waals surface area contributed by atoms with Gasteiger partial charge in [0.1, 0.15) is 17.3 Å². The van der Waals surface area contributed by atoms with E-state index in [-0.39, 0.29) is 30.7 Å². The monoisotopic (exact) mass is 589 g/mol. The fourth-order valence-corrected chi connectivity index (χ4v) is 5.79. The Labute approximate surface area is 253 Å². The lowest BCUT2D eigenvalue weighted by Gasteiger charge is -2.44. The molecule has 3 atom stereocenters. The summed E-state index contributed by atoms with van der Waals surface area (Å²) >= 11 is 0. The van der Waals surface area contributed by atoms with Crippen molar-refractivity contribution in [2.45, 2.75) is 12.8 Å². The Morgan fingerprint density at radius 2 is 1.33 bits per heavy atom. The minimum absolute atomic E-state index is 0.0731. The number of likely N-dealkylation sites (N-methyl/N-ethyl adjacent to an activating group) is 2. The first kappa shape index (κ1) is 31.7. The highest BCUT2D eigenvalue weighted by atomic mass is 19.1. The van der Waals surface area contributed by atoms with E-state index in [1.54, 1.807) is 84.4 Å². The topological polar surface area (TPSA) is 79.4 Å². The van der Waals surface area contributed by atoms with Crippen LogP contribution in [0.3, 0.4) is 0 Å². The second kappa shape index (κ2) is 13.8. The SMILES string of the molecule is COc1cccc(C(=O)[C@H]2CN(C(=O)N(C)CCN(C)C)C[C@@H](C(=O)c3cccc(OC)c3)[C@@H]2c2cccc(F)c2C)c1. The molecule has 9 heteroatoms. The highest BCUT2D eigenvalue weighted by Crippen LogP contribution is 2.43. The maximum Gasteiger partial charge on any atom is 0.319 e. The molecular weight excluding hydrogens is 549 g/mol. The molecule has 0 N–H and O–H groups in total. The van der Waals surface area contributed by atoms with Gasteiger partial charge in [-0.05, 0) is 62.5 Å². The maximum absolute atomic E-state index is 15.0. The van der Waals surface area contributed by atoms with Crippen molar-refractivity contribution in [1.82, 2.24) is 14.7 Å². The minimum atomic E-state index is -0.827. The van der Waals surface area contributed by atoms with E-state index in [4.69, 9.17) is 9.47 Å². The molecule has 1 heterocycles. The average Bonchev–Trinajstić information content (AvgIpc) is 3.03. The zero-order chi connectivity index (χ0) is 31.3. The van der Waals surface area contributed by atoms with Crippen LogP contribution in [0.4, 0.5) is 9.18 Å². The Morgan fingerprint density at radius 3 is 1.81 bits per heavy atom. The number of hydrogen-bond acceptors (Lipinski definition) is 6. The third-order valence-electron chi connectivity index (χ3n) is 8.23. The van der Waals surface area contributed by atoms with Gasteiger partial charge in [0.05, 0.1) is 14.2 Å². The zero-order valence-corrected chi connectivity index (χ0v) is 25.7. The Morgan fingerprint density at radius 1 is 0.814 bits per heavy atom. The number of halogens is 1. The third-order valence-corrected chi connectivity index (χ3v) is 8.23. The van der Waals surface area contributed by atoms with Crippen molar-refractivity contribution in [2.75, 3.05) is 61.5 Å². The molecule has 1 aliphatic rings. The fourth-order valence-electron chi connectivity index (χ4n) is 5.79. The summed E-state index contributed by atoms with van der Waals surface area (Å²) in [6, 6.07) is 18.1. The standard InChI is InChI=1S/C34H40FN3O5/c1-22-27(14-9-15-30(22)35)31-28(32(39)23-10-7-12-25(18-23)42-5)20-38(34(41)37(4)17-16-36(2)3)21-29(31)33(40)24-11-8-13-26(19-24)43-6/h7-15,18-19,28-29,31H,16-17,20-21H2,1-6H3/t28-,29+,31+. The molecule has 3 aromatic carbocycles. The van der Waals surface area contributed by atoms with Crippen molar-refractivity contribution in [3.8, 4) is 11.5 Å². The summed E-state index contributed by atoms with van der Waals surface area (Å²) in [4.78, 5) is 47.7. The molecule has 2 amide bonds. The third kappa shape index (κ3) is 7.05. The lowest BCUT2D eigenvalue weighted by molar-refractivity contribution is 0.0598. The van der Waals surface area contributed by atoms with Gasteiger partial charge in [0.2, 0.25) is 0 Å². The van der Waals surface area contributed by atoms with Crippen molar-refractivity contribution in [2.24, 2.45) is 11.8 Å². The van der Waals surface area contributed by atoms with Crippen LogP contribution >= 0.6 is 0 Å². The lowest BCUT2D eigenvalue weighted by Crippen LogP contribution is -2.55. The van der Waals surface area contributed by atoms with Crippen molar-refractivity contribution < 1.29 is 28.2 Å². The highest BCUT2D eigenvalue weighted by molar-refractivity contribution is 6.03. The first-order valence-corrected chi connectivity index (χ1v) is 14.3. The summed E-state index contributed by atoms with van der Waals surface area (Å²) in [5.74, 6) is -2.22. The molecule has 0 unspecified atom stereocenters. The number of Topliss-reactive ketones (excluding diaryl/α,β-unsaturated/α-hetero) is 2. The second-order valence-electron chi connectivity index (χ2n) is 11.3. The second-order valence-corrected chi connectivity index (χ2v) is 11.3. The number of ketones is 2. The zero-order valence-electron chi connectivity index (χ0n) is 25.7. The molecule has 1 saturated heterocycles. The summed E-state index contributed by atoms with van der Waals surface area (Å²) in [6.07, 6.45) is 0. The maximum atomic E-state index is 15.0. The van der Waals surface area contributed by atoms with Crippen LogP contribution in [0.5, 0.6) is 11.5 Å². The molecule has 1 aliphatic heterocycles. The molecule has 0 spiro atoms. The van der Waals surface area contributed by atoms with E-state index >= 15 is 4.39 Å². The van der Waals surface area contributed by atoms with Crippen LogP contribution in [0.15, 0.2) is 66.7 Å². The van der Waals surface area contributed by atoms with Crippen LogP contribution < -0.4 is 9.47 Å². The number of methoxy groups -OCH3 is 2. The molecule has 43 heavy (non-hydrogen) atoms. The largest absolute Gasteiger partial charge is 0.497 e. The molecular formula is C34H40FN3O5. The van der Waals surface area contributed by atoms with Crippen LogP contribution in [0, 0.1) is 24.6 Å². The first-order valence-electron chi connectivity index (χ1n) is 14.3. The Bertz CT molecular complexity index is 1410. The summed E-state index contributed by atoms with van der Waals surface area (Å²) in [5, 5.41) is 0. The number of carbonyl (C=O) groups excluding carboxylic acids is 3. The Balaban J connectivity index is 1.86. The summed E-state index contributed by atoms with van der Waals surface area (Å²) in [5.41, 5.74) is 1.75. The van der Waals surface area contributed by atoms with Gasteiger partial charge >= 0.3 is 6.03 Å². The number of amides is 2. The van der Waals surface area contributed by atoms with Gasteiger partial charge in [-0.3, -0.25) is 9.59 Å². The van der Waals surface area contributed by atoms with E-state index < -0.39 is 23.6 Å². The van der Waals surface area contributed by atoms with Gasteiger partial charge in [0, 0.05) is 62.1 Å². The molecule has 0 aliphatic carbocycles. The molecule has 3 aromatic rings. The van der Waals surface area contributed by atoms with Crippen LogP contribution in [0.1, 0.15) is 37.8 Å². The van der Waals surface area contributed by atoms with Gasteiger partial charge < -0.3 is 24.2 Å². The normalized spacial score (nSPS) is 18.3. The van der Waals surface area contributed by atoms with Crippen LogP contribution in [-0.4, -0.2) is 93.8 Å². The van der Waals surface area contributed by atoms with Crippen molar-refractivity contribution in [3.63, 3.8) is 0 Å². The molecule has 228 valence electrons. The van der Waals surface area contributed by atoms with Gasteiger partial charge in [-0.25, -0.2) is 9.18 Å². The smallest absolute Gasteiger partial charge is 0.319 e. The minimum Gasteiger partial charge on any atom is -0.497 e. The van der Waals surface area contributed by atoms with E-state index in [1.165, 1.54) is 20.3 Å². The molecule has 0 bridgehead atoms. The number of likely N-dealkylation sites (tertiary alicyclic amines) is 1. The van der Waals surface area contributed by atoms with Crippen molar-refractivity contribution in [3.05, 3.63) is 94.8 Å². The van der Waals surface area contributed by atoms with Crippen molar-refractivity contribution >= 4 is 17.6 Å². The highest BCUT2D eigenvalue weighted by Gasteiger charge is 2.47. The van der Waals surface area contributed by atoms with Crippen molar-refractivity contribution in [1.29, 1.82) is 0 Å². The van der Waals surface area contributed by atoms with Gasteiger partial charge in [0.25, 0.3) is 0 Å². The van der Waals surface area contributed by atoms with Crippen LogP contribution in [-0.2, 0) is 0 Å². The van der Waals surface area contributed by atoms with E-state index in [2.05, 4.69) is 0 Å². The average molecular weight is 590 g/mol. The number of benzene rings is 3. The number of nitrogens with zero attached hydrogens (tertiary/aromatic N) is 3. The van der Waals surface area contributed by atoms with Gasteiger partial charge in [-0.1, -0.05) is 36.4 Å². The van der Waals surface area contributed by atoms with Crippen LogP contribution in [0.2, 0.25) is 0 Å². The molecule has 0 radical (unpaired) electrons. The van der Waals surface area contributed by atoms with E-state index in [0.29, 0.717) is 46.8 Å². The van der Waals surface area contributed by atoms with Gasteiger partial charge in [-0.15, -0.1) is 0 Å². The van der Waals surface area contributed by atoms with Crippen LogP contribution in [0.25, 0.3) is 0 Å². The van der Waals surface area contributed by atoms with E-state index in [1.807, 2.05) is 19.0 Å². The number of carbonyl (C=O) groups is 3. The number of hydrogen-bond donors (Lipinski definition) is 0. The Kier molecular flexibility index (Phi) is 10.2. The van der Waals surface area contributed by atoms with E-state index in [9.17, 15) is 14.4 Å². The lowest BCUT2D eigenvalue weighted by atomic mass is 9.68. The predicted octanol–water partition coefficient (Wildman–Crippen LogP) is 5.16. The quantitative estimate of drug-likeness (QED) is 0.304. The molecule has 1 fully saturated rings. The predicted molar refractivity (Wildman–Crippen MR) is 164 cm³/mol. The van der Waals surface area contributed by atoms with E-state index in [0.717, 1.165) is 0 Å². The van der Waals surface area contributed by atoms with Gasteiger partial charge in [-0.2, -0.15) is 0 Å². The number of piperidine rings is 1.